The first kappa shape index (κ1) is 12.3. The first-order chi connectivity index (χ1) is 10.2. The van der Waals surface area contributed by atoms with Gasteiger partial charge in [-0.2, -0.15) is 4.99 Å². The van der Waals surface area contributed by atoms with Crippen molar-refractivity contribution in [3.8, 4) is 0 Å². The van der Waals surface area contributed by atoms with Crippen LogP contribution in [0.15, 0.2) is 47.5 Å². The van der Waals surface area contributed by atoms with Gasteiger partial charge in [0.05, 0.1) is 5.69 Å². The molecule has 4 N–H and O–H groups in total. The normalized spacial score (nSPS) is 20.4. The summed E-state index contributed by atoms with van der Waals surface area (Å²) in [5.74, 6) is 0.708. The Morgan fingerprint density at radius 3 is 2.62 bits per heavy atom. The third-order valence-corrected chi connectivity index (χ3v) is 4.07. The van der Waals surface area contributed by atoms with Gasteiger partial charge in [0.2, 0.25) is 0 Å². The van der Waals surface area contributed by atoms with Crippen molar-refractivity contribution in [2.75, 3.05) is 5.73 Å². The van der Waals surface area contributed by atoms with Crippen molar-refractivity contribution >= 4 is 17.4 Å². The van der Waals surface area contributed by atoms with Crippen LogP contribution < -0.4 is 11.5 Å². The van der Waals surface area contributed by atoms with Gasteiger partial charge in [-0.05, 0) is 48.1 Å². The highest BCUT2D eigenvalue weighted by molar-refractivity contribution is 5.79. The lowest BCUT2D eigenvalue weighted by atomic mass is 9.96. The van der Waals surface area contributed by atoms with E-state index in [1.165, 1.54) is 18.4 Å². The molecule has 1 saturated carbocycles. The Morgan fingerprint density at radius 1 is 1.00 bits per heavy atom. The van der Waals surface area contributed by atoms with Crippen LogP contribution in [0.4, 0.5) is 11.4 Å². The minimum absolute atomic E-state index is 0.203. The molecule has 21 heavy (non-hydrogen) atoms. The van der Waals surface area contributed by atoms with Crippen LogP contribution in [0.2, 0.25) is 0 Å². The van der Waals surface area contributed by atoms with Gasteiger partial charge < -0.3 is 16.2 Å². The lowest BCUT2D eigenvalue weighted by Gasteiger charge is -2.25. The number of fused-ring (bicyclic) bond motifs is 1. The number of benzene rings is 2. The predicted octanol–water partition coefficient (Wildman–Crippen LogP) is 3.21. The maximum atomic E-state index is 5.91. The Kier molecular flexibility index (Phi) is 2.64. The SMILES string of the molecule is NC1=Nc2ccc(N)cc2C(c2cccc(C3CC3)c2)O1. The average Bonchev–Trinajstić information content (AvgIpc) is 3.32. The molecule has 0 spiro atoms. The number of hydrogen-bond donors (Lipinski definition) is 2. The number of nitrogens with two attached hydrogens (primary N) is 2. The standard InChI is InChI=1S/C17H17N3O/c18-13-6-7-15-14(9-13)16(21-17(19)20-15)12-3-1-2-11(8-12)10-4-5-10/h1-3,6-10,16H,4-5,18H2,(H2,19,20). The summed E-state index contributed by atoms with van der Waals surface area (Å²) < 4.78 is 5.78. The predicted molar refractivity (Wildman–Crippen MR) is 83.5 cm³/mol. The molecule has 0 amide bonds. The van der Waals surface area contributed by atoms with Crippen molar-refractivity contribution in [1.29, 1.82) is 0 Å². The molecular formula is C17H17N3O. The molecule has 106 valence electrons. The second-order valence-electron chi connectivity index (χ2n) is 5.71. The van der Waals surface area contributed by atoms with E-state index in [9.17, 15) is 0 Å². The van der Waals surface area contributed by atoms with Crippen molar-refractivity contribution in [3.05, 3.63) is 59.2 Å². The Hall–Kier alpha value is -2.49. The molecule has 1 heterocycles. The van der Waals surface area contributed by atoms with Crippen LogP contribution in [-0.2, 0) is 4.74 Å². The zero-order valence-corrected chi connectivity index (χ0v) is 11.6. The Morgan fingerprint density at radius 2 is 1.81 bits per heavy atom. The van der Waals surface area contributed by atoms with Gasteiger partial charge in [0.25, 0.3) is 6.02 Å². The van der Waals surface area contributed by atoms with Crippen LogP contribution in [0.3, 0.4) is 0 Å². The molecule has 0 bridgehead atoms. The number of nitrogen functional groups attached to an aromatic ring is 1. The molecule has 4 nitrogen and oxygen atoms in total. The molecule has 1 aliphatic heterocycles. The summed E-state index contributed by atoms with van der Waals surface area (Å²) in [6, 6.07) is 14.4. The summed E-state index contributed by atoms with van der Waals surface area (Å²) in [5, 5.41) is 0. The smallest absolute Gasteiger partial charge is 0.288 e. The van der Waals surface area contributed by atoms with E-state index in [1.54, 1.807) is 0 Å². The average molecular weight is 279 g/mol. The van der Waals surface area contributed by atoms with Gasteiger partial charge in [-0.1, -0.05) is 24.3 Å². The first-order valence-electron chi connectivity index (χ1n) is 7.21. The van der Waals surface area contributed by atoms with Crippen molar-refractivity contribution in [3.63, 3.8) is 0 Å². The fourth-order valence-electron chi connectivity index (χ4n) is 2.85. The van der Waals surface area contributed by atoms with E-state index >= 15 is 0 Å². The van der Waals surface area contributed by atoms with Gasteiger partial charge in [0.15, 0.2) is 6.10 Å². The fourth-order valence-corrected chi connectivity index (χ4v) is 2.85. The third kappa shape index (κ3) is 2.23. The number of rotatable bonds is 2. The molecule has 1 atom stereocenters. The van der Waals surface area contributed by atoms with Gasteiger partial charge >= 0.3 is 0 Å². The first-order valence-corrected chi connectivity index (χ1v) is 7.21. The third-order valence-electron chi connectivity index (χ3n) is 4.07. The molecule has 1 aliphatic carbocycles. The quantitative estimate of drug-likeness (QED) is 0.829. The Bertz CT molecular complexity index is 735. The zero-order valence-electron chi connectivity index (χ0n) is 11.6. The van der Waals surface area contributed by atoms with Gasteiger partial charge in [0, 0.05) is 11.3 Å². The minimum Gasteiger partial charge on any atom is -0.452 e. The van der Waals surface area contributed by atoms with E-state index < -0.39 is 0 Å². The Balaban J connectivity index is 1.80. The lowest BCUT2D eigenvalue weighted by molar-refractivity contribution is 0.224. The monoisotopic (exact) mass is 279 g/mol. The summed E-state index contributed by atoms with van der Waals surface area (Å²) in [6.07, 6.45) is 2.32. The maximum Gasteiger partial charge on any atom is 0.288 e. The van der Waals surface area contributed by atoms with Crippen LogP contribution in [0.5, 0.6) is 0 Å². The highest BCUT2D eigenvalue weighted by Gasteiger charge is 2.28. The number of nitrogens with zero attached hydrogens (tertiary/aromatic N) is 1. The van der Waals surface area contributed by atoms with Crippen LogP contribution in [0, 0.1) is 0 Å². The van der Waals surface area contributed by atoms with E-state index in [1.807, 2.05) is 18.2 Å². The van der Waals surface area contributed by atoms with Crippen molar-refractivity contribution in [2.45, 2.75) is 24.9 Å². The highest BCUT2D eigenvalue weighted by atomic mass is 16.5. The summed E-state index contributed by atoms with van der Waals surface area (Å²) in [6.45, 7) is 0. The van der Waals surface area contributed by atoms with E-state index in [0.717, 1.165) is 16.8 Å². The number of amidine groups is 1. The van der Waals surface area contributed by atoms with E-state index in [2.05, 4.69) is 29.3 Å². The van der Waals surface area contributed by atoms with Gasteiger partial charge in [-0.3, -0.25) is 0 Å². The van der Waals surface area contributed by atoms with E-state index in [4.69, 9.17) is 16.2 Å². The van der Waals surface area contributed by atoms with Crippen LogP contribution >= 0.6 is 0 Å². The largest absolute Gasteiger partial charge is 0.452 e. The number of aliphatic imine (C=N–C) groups is 1. The fraction of sp³-hybridized carbons (Fsp3) is 0.235. The van der Waals surface area contributed by atoms with Crippen LogP contribution in [0.25, 0.3) is 0 Å². The molecular weight excluding hydrogens is 262 g/mol. The Labute approximate surface area is 123 Å². The van der Waals surface area contributed by atoms with Crippen molar-refractivity contribution in [2.24, 2.45) is 10.7 Å². The van der Waals surface area contributed by atoms with Gasteiger partial charge in [-0.25, -0.2) is 0 Å². The second-order valence-corrected chi connectivity index (χ2v) is 5.71. The molecule has 4 rings (SSSR count). The molecule has 2 aromatic carbocycles. The topological polar surface area (TPSA) is 73.6 Å². The highest BCUT2D eigenvalue weighted by Crippen LogP contribution is 2.42. The molecule has 4 heteroatoms. The van der Waals surface area contributed by atoms with Crippen molar-refractivity contribution in [1.82, 2.24) is 0 Å². The van der Waals surface area contributed by atoms with Crippen LogP contribution in [0.1, 0.15) is 41.6 Å². The van der Waals surface area contributed by atoms with Gasteiger partial charge in [-0.15, -0.1) is 0 Å². The molecule has 0 radical (unpaired) electrons. The summed E-state index contributed by atoms with van der Waals surface area (Å²) >= 11 is 0. The number of anilines is 1. The molecule has 2 aromatic rings. The molecule has 0 aromatic heterocycles. The molecule has 1 unspecified atom stereocenters. The molecule has 0 saturated heterocycles. The van der Waals surface area contributed by atoms with Gasteiger partial charge in [0.1, 0.15) is 0 Å². The van der Waals surface area contributed by atoms with E-state index in [0.29, 0.717) is 11.6 Å². The molecule has 2 aliphatic rings. The second kappa shape index (κ2) is 4.52. The number of hydrogen-bond acceptors (Lipinski definition) is 4. The molecule has 1 fully saturated rings. The van der Waals surface area contributed by atoms with Crippen molar-refractivity contribution < 1.29 is 4.74 Å². The summed E-state index contributed by atoms with van der Waals surface area (Å²) in [5.41, 5.74) is 16.7. The summed E-state index contributed by atoms with van der Waals surface area (Å²) in [4.78, 5) is 4.25. The maximum absolute atomic E-state index is 5.91. The van der Waals surface area contributed by atoms with Crippen LogP contribution in [-0.4, -0.2) is 6.02 Å². The lowest BCUT2D eigenvalue weighted by Crippen LogP contribution is -2.23. The minimum atomic E-state index is -0.236. The van der Waals surface area contributed by atoms with E-state index in [-0.39, 0.29) is 12.1 Å². The number of ether oxygens (including phenoxy) is 1. The zero-order chi connectivity index (χ0) is 14.4. The summed E-state index contributed by atoms with van der Waals surface area (Å²) in [7, 11) is 0.